The number of carbonyl (C=O) groups excluding carboxylic acids is 2. The van der Waals surface area contributed by atoms with Gasteiger partial charge in [-0.15, -0.1) is 0 Å². The first-order valence-corrected chi connectivity index (χ1v) is 12.2. The van der Waals surface area contributed by atoms with E-state index in [1.54, 1.807) is 16.8 Å². The van der Waals surface area contributed by atoms with Crippen molar-refractivity contribution < 1.29 is 37.4 Å². The molecule has 12 heteroatoms. The van der Waals surface area contributed by atoms with Crippen LogP contribution in [0, 0.1) is 0 Å². The van der Waals surface area contributed by atoms with Gasteiger partial charge in [-0.3, -0.25) is 9.59 Å². The number of aromatic nitrogens is 1. The first kappa shape index (κ1) is 31.8. The lowest BCUT2D eigenvalue weighted by Gasteiger charge is -2.22. The first-order valence-electron chi connectivity index (χ1n) is 12.2. The fourth-order valence-electron chi connectivity index (χ4n) is 3.79. The van der Waals surface area contributed by atoms with Crippen molar-refractivity contribution in [2.45, 2.75) is 37.5 Å². The zero-order valence-corrected chi connectivity index (χ0v) is 21.6. The molecule has 0 unspecified atom stereocenters. The highest BCUT2D eigenvalue weighted by Gasteiger charge is 2.38. The lowest BCUT2D eigenvalue weighted by Crippen LogP contribution is -2.44. The van der Waals surface area contributed by atoms with Gasteiger partial charge in [0.1, 0.15) is 11.6 Å². The van der Waals surface area contributed by atoms with Crippen LogP contribution in [-0.4, -0.2) is 53.4 Å². The number of halogens is 3. The van der Waals surface area contributed by atoms with E-state index in [2.05, 4.69) is 5.32 Å². The summed E-state index contributed by atoms with van der Waals surface area (Å²) < 4.78 is 38.1. The van der Waals surface area contributed by atoms with Gasteiger partial charge in [0.15, 0.2) is 0 Å². The van der Waals surface area contributed by atoms with E-state index in [4.69, 9.17) is 20.4 Å². The second-order valence-corrected chi connectivity index (χ2v) is 8.49. The molecule has 4 N–H and O–H groups in total. The number of amides is 1. The van der Waals surface area contributed by atoms with Crippen molar-refractivity contribution in [3.8, 4) is 0 Å². The maximum Gasteiger partial charge on any atom is 0.490 e. The van der Waals surface area contributed by atoms with Crippen LogP contribution in [0.5, 0.6) is 0 Å². The van der Waals surface area contributed by atoms with Gasteiger partial charge in [-0.2, -0.15) is 13.2 Å². The fraction of sp³-hybridized carbons (Fsp3) is 0.286. The van der Waals surface area contributed by atoms with Crippen LogP contribution in [0.1, 0.15) is 46.8 Å². The number of benzene rings is 2. The number of carboxylic acids is 1. The molecule has 0 fully saturated rings. The minimum atomic E-state index is -5.08. The van der Waals surface area contributed by atoms with E-state index in [0.717, 1.165) is 17.5 Å². The standard InChI is InChI=1S/C26H29N3O4.C2HF3O2/c1-33-26(32)22(16-8-9-17-27)28-24(30)21-15-10-18-29(25(21)31)23(19-11-4-2-5-12-19)20-13-6-3-7-14-20;3-2(4,5)1(6)7/h2-7,10-15,18,22-23H,8-9,16-17,27H2,1H3,(H,28,30);(H,6,7)/t22-;/m0./s1. The topological polar surface area (TPSA) is 141 Å². The van der Waals surface area contributed by atoms with Gasteiger partial charge >= 0.3 is 18.1 Å². The van der Waals surface area contributed by atoms with Crippen LogP contribution in [0.3, 0.4) is 0 Å². The monoisotopic (exact) mass is 561 g/mol. The Morgan fingerprint density at radius 3 is 1.93 bits per heavy atom. The first-order chi connectivity index (χ1) is 19.0. The molecule has 40 heavy (non-hydrogen) atoms. The van der Waals surface area contributed by atoms with E-state index >= 15 is 0 Å². The highest BCUT2D eigenvalue weighted by Crippen LogP contribution is 2.25. The fourth-order valence-corrected chi connectivity index (χ4v) is 3.79. The SMILES string of the molecule is COC(=O)[C@H](CCCCN)NC(=O)c1cccn(C(c2ccccc2)c2ccccc2)c1=O.O=C(O)C(F)(F)F. The molecule has 0 bridgehead atoms. The largest absolute Gasteiger partial charge is 0.490 e. The molecule has 0 spiro atoms. The Kier molecular flexibility index (Phi) is 12.1. The van der Waals surface area contributed by atoms with Gasteiger partial charge < -0.3 is 25.5 Å². The third-order valence-electron chi connectivity index (χ3n) is 5.71. The van der Waals surface area contributed by atoms with Crippen molar-refractivity contribution >= 4 is 17.8 Å². The lowest BCUT2D eigenvalue weighted by molar-refractivity contribution is -0.192. The summed E-state index contributed by atoms with van der Waals surface area (Å²) in [5.41, 5.74) is 6.87. The molecule has 214 valence electrons. The van der Waals surface area contributed by atoms with E-state index in [1.807, 2.05) is 60.7 Å². The van der Waals surface area contributed by atoms with E-state index in [1.165, 1.54) is 13.2 Å². The summed E-state index contributed by atoms with van der Waals surface area (Å²) in [6, 6.07) is 21.1. The summed E-state index contributed by atoms with van der Waals surface area (Å²) >= 11 is 0. The predicted molar refractivity (Wildman–Crippen MR) is 141 cm³/mol. The number of hydrogen-bond donors (Lipinski definition) is 3. The van der Waals surface area contributed by atoms with Crippen LogP contribution in [0.4, 0.5) is 13.2 Å². The summed E-state index contributed by atoms with van der Waals surface area (Å²) in [6.07, 6.45) is -1.66. The molecule has 0 saturated heterocycles. The molecular weight excluding hydrogens is 531 g/mol. The van der Waals surface area contributed by atoms with Gasteiger partial charge in [0.05, 0.1) is 13.2 Å². The number of carbonyl (C=O) groups is 3. The van der Waals surface area contributed by atoms with E-state index in [-0.39, 0.29) is 5.56 Å². The molecule has 9 nitrogen and oxygen atoms in total. The van der Waals surface area contributed by atoms with Crippen molar-refractivity contribution in [3.63, 3.8) is 0 Å². The summed E-state index contributed by atoms with van der Waals surface area (Å²) in [4.78, 5) is 47.5. The van der Waals surface area contributed by atoms with Gasteiger partial charge in [-0.1, -0.05) is 60.7 Å². The Labute approximate surface area is 228 Å². The third-order valence-corrected chi connectivity index (χ3v) is 5.71. The molecule has 3 aromatic rings. The molecule has 0 radical (unpaired) electrons. The average molecular weight is 562 g/mol. The van der Waals surface area contributed by atoms with Crippen molar-refractivity contribution in [1.82, 2.24) is 9.88 Å². The van der Waals surface area contributed by atoms with Crippen LogP contribution in [-0.2, 0) is 14.3 Å². The van der Waals surface area contributed by atoms with Gasteiger partial charge in [0.25, 0.3) is 11.5 Å². The summed E-state index contributed by atoms with van der Waals surface area (Å²) in [6.45, 7) is 0.492. The number of hydrogen-bond acceptors (Lipinski definition) is 6. The number of nitrogens with zero attached hydrogens (tertiary/aromatic N) is 1. The van der Waals surface area contributed by atoms with Gasteiger partial charge in [-0.25, -0.2) is 9.59 Å². The molecule has 0 aliphatic heterocycles. The van der Waals surface area contributed by atoms with Gasteiger partial charge in [0, 0.05) is 6.20 Å². The van der Waals surface area contributed by atoms with Crippen LogP contribution < -0.4 is 16.6 Å². The van der Waals surface area contributed by atoms with Crippen LogP contribution in [0.25, 0.3) is 0 Å². The summed E-state index contributed by atoms with van der Waals surface area (Å²) in [5, 5.41) is 9.79. The number of esters is 1. The molecule has 2 aromatic carbocycles. The number of carboxylic acid groups (broad SMARTS) is 1. The maximum absolute atomic E-state index is 13.4. The number of alkyl halides is 3. The van der Waals surface area contributed by atoms with Crippen molar-refractivity contribution in [2.75, 3.05) is 13.7 Å². The van der Waals surface area contributed by atoms with Gasteiger partial charge in [-0.05, 0) is 49.1 Å². The Morgan fingerprint density at radius 2 is 1.48 bits per heavy atom. The zero-order valence-electron chi connectivity index (χ0n) is 21.6. The highest BCUT2D eigenvalue weighted by molar-refractivity contribution is 5.96. The average Bonchev–Trinajstić information content (AvgIpc) is 2.94. The third kappa shape index (κ3) is 9.09. The zero-order chi connectivity index (χ0) is 29.7. The van der Waals surface area contributed by atoms with E-state index in [0.29, 0.717) is 19.4 Å². The lowest BCUT2D eigenvalue weighted by atomic mass is 9.98. The smallest absolute Gasteiger partial charge is 0.475 e. The number of ether oxygens (including phenoxy) is 1. The molecule has 1 aromatic heterocycles. The van der Waals surface area contributed by atoms with Crippen molar-refractivity contribution in [1.29, 1.82) is 0 Å². The quantitative estimate of drug-likeness (QED) is 0.254. The minimum absolute atomic E-state index is 0.0397. The number of unbranched alkanes of at least 4 members (excludes halogenated alkanes) is 1. The van der Waals surface area contributed by atoms with Crippen LogP contribution in [0.15, 0.2) is 83.8 Å². The Balaban J connectivity index is 0.000000708. The Bertz CT molecular complexity index is 1270. The predicted octanol–water partition coefficient (Wildman–Crippen LogP) is 3.52. The number of pyridine rings is 1. The number of nitrogens with two attached hydrogens (primary N) is 1. The van der Waals surface area contributed by atoms with E-state index in [9.17, 15) is 27.6 Å². The maximum atomic E-state index is 13.4. The summed E-state index contributed by atoms with van der Waals surface area (Å²) in [5.74, 6) is -3.92. The van der Waals surface area contributed by atoms with Crippen LogP contribution >= 0.6 is 0 Å². The van der Waals surface area contributed by atoms with E-state index < -0.39 is 41.7 Å². The number of nitrogens with one attached hydrogen (secondary N) is 1. The molecular formula is C28H30F3N3O6. The molecule has 1 amide bonds. The number of methoxy groups -OCH3 is 1. The normalized spacial score (nSPS) is 11.7. The van der Waals surface area contributed by atoms with Gasteiger partial charge in [0.2, 0.25) is 0 Å². The minimum Gasteiger partial charge on any atom is -0.475 e. The molecule has 0 aliphatic rings. The van der Waals surface area contributed by atoms with Crippen molar-refractivity contribution in [2.24, 2.45) is 5.73 Å². The van der Waals surface area contributed by atoms with Crippen LogP contribution in [0.2, 0.25) is 0 Å². The molecule has 0 saturated carbocycles. The number of rotatable bonds is 10. The summed E-state index contributed by atoms with van der Waals surface area (Å²) in [7, 11) is 1.27. The second kappa shape index (κ2) is 15.2. The molecule has 1 heterocycles. The molecule has 3 rings (SSSR count). The van der Waals surface area contributed by atoms with Crippen molar-refractivity contribution in [3.05, 3.63) is 106 Å². The molecule has 0 aliphatic carbocycles. The Hall–Kier alpha value is -4.45. The number of aliphatic carboxylic acids is 1. The Morgan fingerprint density at radius 1 is 0.950 bits per heavy atom. The molecule has 1 atom stereocenters. The highest BCUT2D eigenvalue weighted by atomic mass is 19.4. The second-order valence-electron chi connectivity index (χ2n) is 8.49.